The Morgan fingerprint density at radius 1 is 1.12 bits per heavy atom. The van der Waals surface area contributed by atoms with Gasteiger partial charge in [-0.2, -0.15) is 5.10 Å². The van der Waals surface area contributed by atoms with Gasteiger partial charge >= 0.3 is 0 Å². The summed E-state index contributed by atoms with van der Waals surface area (Å²) in [6.45, 7) is 2.12. The third-order valence-electron chi connectivity index (χ3n) is 9.12. The molecule has 5 aliphatic rings. The van der Waals surface area contributed by atoms with Crippen molar-refractivity contribution in [3.8, 4) is 5.75 Å². The Morgan fingerprint density at radius 3 is 2.67 bits per heavy atom. The SMILES string of the molecule is Cc1ccc(C(=O)NCC2N=C(N)N3C[C@H](NC(=O)c4cccc5c4OCCC54CC4)C(O)(O)C34NC(N)=NC24)nn1. The van der Waals surface area contributed by atoms with Gasteiger partial charge in [-0.05, 0) is 44.4 Å². The molecule has 42 heavy (non-hydrogen) atoms. The first-order chi connectivity index (χ1) is 20.1. The number of carbonyl (C=O) groups is 2. The quantitative estimate of drug-likeness (QED) is 0.189. The van der Waals surface area contributed by atoms with Gasteiger partial charge in [0.25, 0.3) is 11.8 Å². The van der Waals surface area contributed by atoms with Crippen molar-refractivity contribution in [2.24, 2.45) is 21.5 Å². The van der Waals surface area contributed by atoms with E-state index >= 15 is 0 Å². The highest BCUT2D eigenvalue weighted by Crippen LogP contribution is 2.56. The van der Waals surface area contributed by atoms with Crippen molar-refractivity contribution in [3.05, 3.63) is 52.8 Å². The average molecular weight is 577 g/mol. The second-order valence-electron chi connectivity index (χ2n) is 11.6. The van der Waals surface area contributed by atoms with Crippen LogP contribution >= 0.6 is 0 Å². The summed E-state index contributed by atoms with van der Waals surface area (Å²) in [7, 11) is 0. The molecule has 1 saturated carbocycles. The number of amides is 2. The number of aromatic nitrogens is 2. The molecule has 7 rings (SSSR count). The number of benzene rings is 1. The minimum Gasteiger partial charge on any atom is -0.492 e. The Labute approximate surface area is 240 Å². The number of ether oxygens (including phenoxy) is 1. The molecule has 15 nitrogen and oxygen atoms in total. The number of aliphatic imine (C=N–C) groups is 2. The molecule has 9 N–H and O–H groups in total. The largest absolute Gasteiger partial charge is 0.492 e. The van der Waals surface area contributed by atoms with Crippen LogP contribution < -0.4 is 32.2 Å². The van der Waals surface area contributed by atoms with E-state index in [1.54, 1.807) is 25.1 Å². The van der Waals surface area contributed by atoms with Gasteiger partial charge in [-0.3, -0.25) is 9.59 Å². The van der Waals surface area contributed by atoms with Gasteiger partial charge in [-0.25, -0.2) is 9.98 Å². The molecule has 220 valence electrons. The monoisotopic (exact) mass is 576 g/mol. The lowest BCUT2D eigenvalue weighted by atomic mass is 9.84. The number of aliphatic hydroxyl groups is 2. The van der Waals surface area contributed by atoms with E-state index in [9.17, 15) is 19.8 Å². The molecule has 2 amide bonds. The van der Waals surface area contributed by atoms with Crippen molar-refractivity contribution in [2.75, 3.05) is 19.7 Å². The molecule has 3 unspecified atom stereocenters. The fourth-order valence-electron chi connectivity index (χ4n) is 6.74. The molecule has 2 spiro atoms. The first-order valence-electron chi connectivity index (χ1n) is 13.9. The summed E-state index contributed by atoms with van der Waals surface area (Å²) in [5.74, 6) is -3.17. The molecule has 1 saturated heterocycles. The number of aryl methyl sites for hydroxylation is 1. The van der Waals surface area contributed by atoms with Gasteiger partial charge < -0.3 is 47.3 Å². The highest BCUT2D eigenvalue weighted by atomic mass is 16.5. The maximum atomic E-state index is 13.6. The van der Waals surface area contributed by atoms with Gasteiger partial charge in [0.2, 0.25) is 5.79 Å². The molecule has 1 aromatic heterocycles. The highest BCUT2D eigenvalue weighted by Gasteiger charge is 2.73. The molecule has 2 fully saturated rings. The zero-order valence-corrected chi connectivity index (χ0v) is 22.9. The van der Waals surface area contributed by atoms with Gasteiger partial charge in [0.1, 0.15) is 17.8 Å². The number of fused-ring (bicyclic) bond motifs is 2. The van der Waals surface area contributed by atoms with Gasteiger partial charge in [-0.15, -0.1) is 5.10 Å². The van der Waals surface area contributed by atoms with Crippen molar-refractivity contribution in [1.29, 1.82) is 0 Å². The number of nitrogens with one attached hydrogen (secondary N) is 3. The van der Waals surface area contributed by atoms with Crippen LogP contribution in [0.2, 0.25) is 0 Å². The van der Waals surface area contributed by atoms with E-state index < -0.39 is 41.4 Å². The molecule has 0 bridgehead atoms. The fraction of sp³-hybridized carbons (Fsp3) is 0.481. The Hall–Kier alpha value is -4.50. The van der Waals surface area contributed by atoms with Crippen LogP contribution in [-0.4, -0.2) is 98.3 Å². The smallest absolute Gasteiger partial charge is 0.271 e. The second kappa shape index (κ2) is 9.00. The summed E-state index contributed by atoms with van der Waals surface area (Å²) in [6.07, 6.45) is 3.02. The average Bonchev–Trinajstić information content (AvgIpc) is 3.57. The predicted octanol–water partition coefficient (Wildman–Crippen LogP) is -2.20. The molecule has 1 aliphatic carbocycles. The molecular formula is C27H32N10O5. The lowest BCUT2D eigenvalue weighted by Crippen LogP contribution is -2.78. The summed E-state index contributed by atoms with van der Waals surface area (Å²) in [4.78, 5) is 36.7. The molecule has 2 aromatic rings. The molecule has 15 heteroatoms. The van der Waals surface area contributed by atoms with E-state index in [2.05, 4.69) is 36.1 Å². The standard InChI is InChI=1S/C27H32N10O5/c1-13-5-6-16(36-35-13)22(39)30-11-17-20-26(34-23(28)33-20)27(40,41)18(12-37(26)24(29)31-17)32-21(38)14-3-2-4-15-19(14)42-10-9-25(15)7-8-25/h2-6,17-18,20,40-41H,7-12H2,1H3,(H2,29,31)(H,30,39)(H,32,38)(H3,28,33,34)/t17?,18-,20?,26?/m0/s1. The van der Waals surface area contributed by atoms with Gasteiger partial charge in [-0.1, -0.05) is 12.1 Å². The lowest BCUT2D eigenvalue weighted by molar-refractivity contribution is -0.230. The van der Waals surface area contributed by atoms with Crippen LogP contribution in [0.15, 0.2) is 40.3 Å². The highest BCUT2D eigenvalue weighted by molar-refractivity contribution is 5.98. The topological polar surface area (TPSA) is 226 Å². The van der Waals surface area contributed by atoms with E-state index in [4.69, 9.17) is 16.2 Å². The van der Waals surface area contributed by atoms with Crippen LogP contribution in [0.3, 0.4) is 0 Å². The zero-order chi connectivity index (χ0) is 29.4. The van der Waals surface area contributed by atoms with E-state index in [1.807, 2.05) is 12.1 Å². The summed E-state index contributed by atoms with van der Waals surface area (Å²) in [5.41, 5.74) is 12.8. The minimum absolute atomic E-state index is 0.0293. The summed E-state index contributed by atoms with van der Waals surface area (Å²) < 4.78 is 5.93. The maximum absolute atomic E-state index is 13.6. The van der Waals surface area contributed by atoms with Crippen molar-refractivity contribution >= 4 is 23.7 Å². The third kappa shape index (κ3) is 3.73. The Balaban J connectivity index is 1.14. The van der Waals surface area contributed by atoms with Crippen molar-refractivity contribution in [1.82, 2.24) is 31.0 Å². The summed E-state index contributed by atoms with van der Waals surface area (Å²) in [6, 6.07) is 5.66. The van der Waals surface area contributed by atoms with Gasteiger partial charge in [0.05, 0.1) is 23.9 Å². The molecule has 0 radical (unpaired) electrons. The Morgan fingerprint density at radius 2 is 1.93 bits per heavy atom. The summed E-state index contributed by atoms with van der Waals surface area (Å²) in [5, 5.41) is 39.7. The van der Waals surface area contributed by atoms with Gasteiger partial charge in [0.15, 0.2) is 23.3 Å². The number of carbonyl (C=O) groups excluding carboxylic acids is 2. The Kier molecular flexibility index (Phi) is 5.66. The number of hydrogen-bond donors (Lipinski definition) is 7. The first-order valence-corrected chi connectivity index (χ1v) is 13.9. The van der Waals surface area contributed by atoms with Crippen LogP contribution in [0.25, 0.3) is 0 Å². The number of hydrogen-bond acceptors (Lipinski definition) is 13. The lowest BCUT2D eigenvalue weighted by Gasteiger charge is -2.49. The number of para-hydroxylation sites is 1. The van der Waals surface area contributed by atoms with Crippen LogP contribution in [0.5, 0.6) is 5.75 Å². The molecular weight excluding hydrogens is 544 g/mol. The van der Waals surface area contributed by atoms with Gasteiger partial charge in [0, 0.05) is 24.1 Å². The maximum Gasteiger partial charge on any atom is 0.271 e. The van der Waals surface area contributed by atoms with Crippen LogP contribution in [0.1, 0.15) is 51.4 Å². The number of rotatable bonds is 5. The van der Waals surface area contributed by atoms with E-state index in [0.717, 1.165) is 24.8 Å². The van der Waals surface area contributed by atoms with Crippen LogP contribution in [0, 0.1) is 6.92 Å². The predicted molar refractivity (Wildman–Crippen MR) is 148 cm³/mol. The number of guanidine groups is 2. The van der Waals surface area contributed by atoms with E-state index in [-0.39, 0.29) is 36.1 Å². The summed E-state index contributed by atoms with van der Waals surface area (Å²) >= 11 is 0. The first kappa shape index (κ1) is 26.4. The van der Waals surface area contributed by atoms with Crippen LogP contribution in [0.4, 0.5) is 0 Å². The third-order valence-corrected chi connectivity index (χ3v) is 9.12. The van der Waals surface area contributed by atoms with Crippen molar-refractivity contribution < 1.29 is 24.5 Å². The number of nitrogens with zero attached hydrogens (tertiary/aromatic N) is 5. The second-order valence-corrected chi connectivity index (χ2v) is 11.6. The fourth-order valence-corrected chi connectivity index (χ4v) is 6.74. The van der Waals surface area contributed by atoms with Crippen molar-refractivity contribution in [3.63, 3.8) is 0 Å². The van der Waals surface area contributed by atoms with Crippen LogP contribution in [-0.2, 0) is 5.41 Å². The molecule has 4 atom stereocenters. The normalized spacial score (nSPS) is 29.2. The number of nitrogens with two attached hydrogens (primary N) is 2. The Bertz CT molecular complexity index is 1540. The van der Waals surface area contributed by atoms with E-state index in [1.165, 1.54) is 4.90 Å². The minimum atomic E-state index is -2.61. The zero-order valence-electron chi connectivity index (χ0n) is 22.9. The molecule has 4 aliphatic heterocycles. The van der Waals surface area contributed by atoms with E-state index in [0.29, 0.717) is 23.6 Å². The molecule has 5 heterocycles. The molecule has 1 aromatic carbocycles. The van der Waals surface area contributed by atoms with Crippen molar-refractivity contribution in [2.45, 2.75) is 61.2 Å².